The number of halogens is 2. The van der Waals surface area contributed by atoms with Gasteiger partial charge in [0.1, 0.15) is 22.3 Å². The number of aromatic nitrogens is 3. The highest BCUT2D eigenvalue weighted by Gasteiger charge is 2.15. The van der Waals surface area contributed by atoms with E-state index in [0.717, 1.165) is 32.6 Å². The van der Waals surface area contributed by atoms with E-state index in [-0.39, 0.29) is 24.2 Å². The van der Waals surface area contributed by atoms with Crippen LogP contribution in [-0.2, 0) is 6.54 Å². The maximum atomic E-state index is 13.7. The van der Waals surface area contributed by atoms with E-state index in [1.165, 1.54) is 22.1 Å². The average Bonchev–Trinajstić information content (AvgIpc) is 3.39. The Kier molecular flexibility index (Phi) is 6.01. The molecule has 4 aromatic rings. The van der Waals surface area contributed by atoms with Crippen LogP contribution >= 0.6 is 22.7 Å². The summed E-state index contributed by atoms with van der Waals surface area (Å²) in [4.78, 5) is 30.8. The summed E-state index contributed by atoms with van der Waals surface area (Å²) in [7, 11) is 0. The van der Waals surface area contributed by atoms with Gasteiger partial charge in [-0.3, -0.25) is 9.59 Å². The molecular formula is C21H16F2N4O2S2. The van der Waals surface area contributed by atoms with Gasteiger partial charge < -0.3 is 5.32 Å². The van der Waals surface area contributed by atoms with Crippen molar-refractivity contribution in [2.45, 2.75) is 13.5 Å². The lowest BCUT2D eigenvalue weighted by Gasteiger charge is -2.08. The Labute approximate surface area is 183 Å². The fraction of sp³-hybridized carbons (Fsp3) is 0.143. The fourth-order valence-corrected chi connectivity index (χ4v) is 4.74. The predicted molar refractivity (Wildman–Crippen MR) is 116 cm³/mol. The van der Waals surface area contributed by atoms with Crippen molar-refractivity contribution < 1.29 is 13.6 Å². The summed E-state index contributed by atoms with van der Waals surface area (Å²) in [5.41, 5.74) is 0.822. The standard InChI is InChI=1S/C21H16F2N4O2S2/c1-12-19(31-21(25-12)17-3-2-10-30-17)16-6-7-18(28)27(26-16)9-8-24-20(29)14-5-4-13(22)11-15(14)23/h2-7,10-11H,8-9H2,1H3,(H,24,29). The maximum absolute atomic E-state index is 13.7. The Morgan fingerprint density at radius 2 is 2.03 bits per heavy atom. The van der Waals surface area contributed by atoms with E-state index < -0.39 is 17.5 Å². The Bertz CT molecular complexity index is 1300. The molecule has 1 N–H and O–H groups in total. The third-order valence-electron chi connectivity index (χ3n) is 4.41. The molecule has 158 valence electrons. The van der Waals surface area contributed by atoms with Crippen LogP contribution in [0.3, 0.4) is 0 Å². The molecule has 0 saturated heterocycles. The Hall–Kier alpha value is -3.24. The molecule has 31 heavy (non-hydrogen) atoms. The van der Waals surface area contributed by atoms with Crippen LogP contribution in [0.1, 0.15) is 16.1 Å². The second-order valence-corrected chi connectivity index (χ2v) is 8.52. The molecule has 10 heteroatoms. The highest BCUT2D eigenvalue weighted by Crippen LogP contribution is 2.35. The number of thiazole rings is 1. The topological polar surface area (TPSA) is 76.9 Å². The van der Waals surface area contributed by atoms with Crippen LogP contribution in [0.5, 0.6) is 0 Å². The van der Waals surface area contributed by atoms with E-state index in [1.807, 2.05) is 24.4 Å². The largest absolute Gasteiger partial charge is 0.350 e. The first-order chi connectivity index (χ1) is 14.9. The number of amides is 1. The molecule has 0 saturated carbocycles. The SMILES string of the molecule is Cc1nc(-c2cccs2)sc1-c1ccc(=O)n(CCNC(=O)c2ccc(F)cc2F)n1. The molecule has 1 aromatic carbocycles. The van der Waals surface area contributed by atoms with Crippen LogP contribution in [0.4, 0.5) is 8.78 Å². The van der Waals surface area contributed by atoms with E-state index in [0.29, 0.717) is 11.8 Å². The summed E-state index contributed by atoms with van der Waals surface area (Å²) < 4.78 is 28.0. The van der Waals surface area contributed by atoms with E-state index in [2.05, 4.69) is 15.4 Å². The lowest BCUT2D eigenvalue weighted by molar-refractivity contribution is 0.0947. The van der Waals surface area contributed by atoms with Gasteiger partial charge in [-0.25, -0.2) is 18.4 Å². The number of nitrogens with zero attached hydrogens (tertiary/aromatic N) is 3. The van der Waals surface area contributed by atoms with Gasteiger partial charge in [-0.1, -0.05) is 6.07 Å². The summed E-state index contributed by atoms with van der Waals surface area (Å²) in [5.74, 6) is -2.40. The van der Waals surface area contributed by atoms with Crippen molar-refractivity contribution in [2.75, 3.05) is 6.54 Å². The number of thiophene rings is 1. The van der Waals surface area contributed by atoms with Crippen molar-refractivity contribution in [3.63, 3.8) is 0 Å². The summed E-state index contributed by atoms with van der Waals surface area (Å²) in [6, 6.07) is 9.73. The number of nitrogens with one attached hydrogen (secondary N) is 1. The molecule has 0 aliphatic rings. The van der Waals surface area contributed by atoms with Crippen molar-refractivity contribution in [1.29, 1.82) is 0 Å². The molecule has 0 aliphatic carbocycles. The molecule has 6 nitrogen and oxygen atoms in total. The zero-order valence-corrected chi connectivity index (χ0v) is 17.9. The minimum Gasteiger partial charge on any atom is -0.350 e. The summed E-state index contributed by atoms with van der Waals surface area (Å²) in [6.07, 6.45) is 0. The number of aryl methyl sites for hydroxylation is 1. The zero-order valence-electron chi connectivity index (χ0n) is 16.3. The molecule has 0 unspecified atom stereocenters. The monoisotopic (exact) mass is 458 g/mol. The molecule has 3 heterocycles. The lowest BCUT2D eigenvalue weighted by atomic mass is 10.2. The van der Waals surface area contributed by atoms with Crippen molar-refractivity contribution in [3.8, 4) is 20.5 Å². The van der Waals surface area contributed by atoms with Crippen LogP contribution in [0.15, 0.2) is 52.6 Å². The van der Waals surface area contributed by atoms with Crippen molar-refractivity contribution >= 4 is 28.6 Å². The van der Waals surface area contributed by atoms with Gasteiger partial charge in [0.15, 0.2) is 0 Å². The normalized spacial score (nSPS) is 10.9. The molecule has 0 spiro atoms. The van der Waals surface area contributed by atoms with E-state index in [1.54, 1.807) is 17.4 Å². The van der Waals surface area contributed by atoms with Gasteiger partial charge in [0.2, 0.25) is 0 Å². The summed E-state index contributed by atoms with van der Waals surface area (Å²) >= 11 is 3.09. The smallest absolute Gasteiger partial charge is 0.266 e. The third kappa shape index (κ3) is 4.59. The number of benzene rings is 1. The predicted octanol–water partition coefficient (Wildman–Crippen LogP) is 4.11. The second-order valence-electron chi connectivity index (χ2n) is 6.57. The highest BCUT2D eigenvalue weighted by atomic mass is 32.1. The van der Waals surface area contributed by atoms with E-state index in [9.17, 15) is 18.4 Å². The number of hydrogen-bond donors (Lipinski definition) is 1. The molecule has 0 bridgehead atoms. The number of rotatable bonds is 6. The molecule has 0 fully saturated rings. The second kappa shape index (κ2) is 8.86. The number of carbonyl (C=O) groups is 1. The molecule has 1 amide bonds. The van der Waals surface area contributed by atoms with Crippen LogP contribution in [0, 0.1) is 18.6 Å². The van der Waals surface area contributed by atoms with Crippen LogP contribution in [0.25, 0.3) is 20.5 Å². The van der Waals surface area contributed by atoms with Crippen molar-refractivity contribution in [3.05, 3.63) is 81.1 Å². The van der Waals surface area contributed by atoms with Crippen molar-refractivity contribution in [2.24, 2.45) is 0 Å². The minimum atomic E-state index is -0.947. The minimum absolute atomic E-state index is 0.0497. The van der Waals surface area contributed by atoms with Crippen molar-refractivity contribution in [1.82, 2.24) is 20.1 Å². The Morgan fingerprint density at radius 1 is 1.19 bits per heavy atom. The van der Waals surface area contributed by atoms with Gasteiger partial charge in [0.05, 0.1) is 27.6 Å². The average molecular weight is 459 g/mol. The van der Waals surface area contributed by atoms with E-state index in [4.69, 9.17) is 0 Å². The Morgan fingerprint density at radius 3 is 2.77 bits per heavy atom. The molecule has 0 aliphatic heterocycles. The first-order valence-corrected chi connectivity index (χ1v) is 10.9. The maximum Gasteiger partial charge on any atom is 0.266 e. The summed E-state index contributed by atoms with van der Waals surface area (Å²) in [6.45, 7) is 2.03. The first kappa shape index (κ1) is 21.0. The zero-order chi connectivity index (χ0) is 22.0. The lowest BCUT2D eigenvalue weighted by Crippen LogP contribution is -2.32. The van der Waals surface area contributed by atoms with Gasteiger partial charge in [0.25, 0.3) is 11.5 Å². The molecular weight excluding hydrogens is 442 g/mol. The molecule has 0 atom stereocenters. The molecule has 4 rings (SSSR count). The van der Waals surface area contributed by atoms with E-state index >= 15 is 0 Å². The van der Waals surface area contributed by atoms with Crippen LogP contribution < -0.4 is 10.9 Å². The van der Waals surface area contributed by atoms with Gasteiger partial charge in [-0.2, -0.15) is 5.10 Å². The molecule has 3 aromatic heterocycles. The fourth-order valence-electron chi connectivity index (χ4n) is 2.91. The van der Waals surface area contributed by atoms with Gasteiger partial charge in [0, 0.05) is 18.7 Å². The van der Waals surface area contributed by atoms with Gasteiger partial charge in [-0.05, 0) is 36.6 Å². The molecule has 0 radical (unpaired) electrons. The van der Waals surface area contributed by atoms with Gasteiger partial charge in [-0.15, -0.1) is 22.7 Å². The highest BCUT2D eigenvalue weighted by molar-refractivity contribution is 7.23. The number of carbonyl (C=O) groups excluding carboxylic acids is 1. The number of hydrogen-bond acceptors (Lipinski definition) is 6. The first-order valence-electron chi connectivity index (χ1n) is 9.25. The quantitative estimate of drug-likeness (QED) is 0.472. The Balaban J connectivity index is 1.49. The van der Waals surface area contributed by atoms with Crippen LogP contribution in [0.2, 0.25) is 0 Å². The van der Waals surface area contributed by atoms with Crippen LogP contribution in [-0.4, -0.2) is 27.2 Å². The third-order valence-corrected chi connectivity index (χ3v) is 6.63. The summed E-state index contributed by atoms with van der Waals surface area (Å²) in [5, 5.41) is 9.79. The van der Waals surface area contributed by atoms with Gasteiger partial charge >= 0.3 is 0 Å².